The largest absolute Gasteiger partial charge is 0.469 e. The molecule has 0 bridgehead atoms. The van der Waals surface area contributed by atoms with E-state index >= 15 is 0 Å². The molecule has 2 atom stereocenters. The lowest BCUT2D eigenvalue weighted by molar-refractivity contribution is -0.141. The minimum Gasteiger partial charge on any atom is -0.469 e. The number of nitrogens with two attached hydrogens (primary N) is 1. The van der Waals surface area contributed by atoms with Gasteiger partial charge in [-0.2, -0.15) is 0 Å². The van der Waals surface area contributed by atoms with Crippen LogP contribution in [0.15, 0.2) is 54.6 Å². The summed E-state index contributed by atoms with van der Waals surface area (Å²) in [6.07, 6.45) is 2.06. The zero-order valence-electron chi connectivity index (χ0n) is 13.9. The lowest BCUT2D eigenvalue weighted by atomic mass is 9.94. The minimum atomic E-state index is -0.170. The summed E-state index contributed by atoms with van der Waals surface area (Å²) < 4.78 is 4.70. The van der Waals surface area contributed by atoms with Gasteiger partial charge in [-0.1, -0.05) is 61.5 Å². The van der Waals surface area contributed by atoms with Crippen molar-refractivity contribution in [3.05, 3.63) is 60.2 Å². The number of carbonyl (C=O) groups is 1. The molecule has 122 valence electrons. The summed E-state index contributed by atoms with van der Waals surface area (Å²) in [4.78, 5) is 11.3. The molecule has 0 spiro atoms. The Hall–Kier alpha value is -2.13. The zero-order chi connectivity index (χ0) is 16.7. The third-order valence-corrected chi connectivity index (χ3v) is 4.01. The van der Waals surface area contributed by atoms with Gasteiger partial charge in [-0.05, 0) is 35.4 Å². The van der Waals surface area contributed by atoms with Crippen LogP contribution in [0.25, 0.3) is 11.1 Å². The first-order valence-electron chi connectivity index (χ1n) is 8.05. The van der Waals surface area contributed by atoms with Crippen molar-refractivity contribution in [2.24, 2.45) is 11.7 Å². The average molecular weight is 311 g/mol. The normalized spacial score (nSPS) is 13.3. The number of ether oxygens (including phenoxy) is 1. The minimum absolute atomic E-state index is 0.0530. The van der Waals surface area contributed by atoms with Crippen molar-refractivity contribution in [3.63, 3.8) is 0 Å². The molecule has 0 amide bonds. The lowest BCUT2D eigenvalue weighted by Gasteiger charge is -2.16. The Balaban J connectivity index is 1.89. The van der Waals surface area contributed by atoms with E-state index in [1.807, 2.05) is 25.1 Å². The molecule has 2 aromatic rings. The van der Waals surface area contributed by atoms with Gasteiger partial charge in [0.05, 0.1) is 7.11 Å². The van der Waals surface area contributed by atoms with Crippen LogP contribution < -0.4 is 5.73 Å². The van der Waals surface area contributed by atoms with Crippen LogP contribution in [-0.2, 0) is 16.0 Å². The van der Waals surface area contributed by atoms with Crippen molar-refractivity contribution in [3.8, 4) is 11.1 Å². The fourth-order valence-corrected chi connectivity index (χ4v) is 2.82. The topological polar surface area (TPSA) is 52.3 Å². The van der Waals surface area contributed by atoms with Crippen molar-refractivity contribution < 1.29 is 9.53 Å². The van der Waals surface area contributed by atoms with Crippen molar-refractivity contribution in [1.82, 2.24) is 0 Å². The van der Waals surface area contributed by atoms with Crippen LogP contribution in [0, 0.1) is 5.92 Å². The second-order valence-electron chi connectivity index (χ2n) is 6.15. The van der Waals surface area contributed by atoms with Crippen LogP contribution in [0.1, 0.15) is 25.3 Å². The van der Waals surface area contributed by atoms with Gasteiger partial charge >= 0.3 is 5.97 Å². The van der Waals surface area contributed by atoms with Gasteiger partial charge in [0, 0.05) is 12.5 Å². The third kappa shape index (κ3) is 5.53. The SMILES string of the molecule is COC(=O)CC(C)C[C@@H](N)Cc1ccc(-c2ccccc2)cc1. The van der Waals surface area contributed by atoms with Gasteiger partial charge in [0.15, 0.2) is 0 Å². The van der Waals surface area contributed by atoms with Gasteiger partial charge in [0.25, 0.3) is 0 Å². The Kier molecular flexibility index (Phi) is 6.36. The molecule has 1 unspecified atom stereocenters. The molecular formula is C20H25NO2. The van der Waals surface area contributed by atoms with E-state index in [-0.39, 0.29) is 17.9 Å². The molecule has 3 nitrogen and oxygen atoms in total. The molecule has 0 saturated heterocycles. The number of hydrogen-bond donors (Lipinski definition) is 1. The van der Waals surface area contributed by atoms with E-state index in [0.29, 0.717) is 6.42 Å². The molecular weight excluding hydrogens is 286 g/mol. The molecule has 0 heterocycles. The van der Waals surface area contributed by atoms with Crippen LogP contribution in [0.5, 0.6) is 0 Å². The van der Waals surface area contributed by atoms with Crippen LogP contribution in [0.2, 0.25) is 0 Å². The average Bonchev–Trinajstić information content (AvgIpc) is 2.56. The standard InChI is InChI=1S/C20H25NO2/c1-15(13-20(22)23-2)12-19(21)14-16-8-10-18(11-9-16)17-6-4-3-5-7-17/h3-11,15,19H,12-14,21H2,1-2H3/t15?,19-/m1/s1. The number of rotatable bonds is 7. The lowest BCUT2D eigenvalue weighted by Crippen LogP contribution is -2.26. The highest BCUT2D eigenvalue weighted by atomic mass is 16.5. The monoisotopic (exact) mass is 311 g/mol. The maximum atomic E-state index is 11.3. The first kappa shape index (κ1) is 17.2. The summed E-state index contributed by atoms with van der Waals surface area (Å²) in [5.74, 6) is 0.0676. The third-order valence-electron chi connectivity index (χ3n) is 4.01. The van der Waals surface area contributed by atoms with E-state index in [0.717, 1.165) is 12.8 Å². The summed E-state index contributed by atoms with van der Waals surface area (Å²) in [5.41, 5.74) is 9.87. The molecule has 0 saturated carbocycles. The number of benzene rings is 2. The van der Waals surface area contributed by atoms with Gasteiger partial charge in [-0.3, -0.25) is 4.79 Å². The predicted octanol–water partition coefficient (Wildman–Crippen LogP) is 3.81. The molecule has 0 aromatic heterocycles. The molecule has 0 aliphatic rings. The molecule has 3 heteroatoms. The smallest absolute Gasteiger partial charge is 0.305 e. The Morgan fingerprint density at radius 1 is 1.04 bits per heavy atom. The van der Waals surface area contributed by atoms with Crippen LogP contribution >= 0.6 is 0 Å². The second kappa shape index (κ2) is 8.49. The van der Waals surface area contributed by atoms with Crippen LogP contribution in [-0.4, -0.2) is 19.1 Å². The van der Waals surface area contributed by atoms with E-state index in [4.69, 9.17) is 10.5 Å². The number of carbonyl (C=O) groups excluding carboxylic acids is 1. The van der Waals surface area contributed by atoms with Gasteiger partial charge in [0.2, 0.25) is 0 Å². The first-order chi connectivity index (χ1) is 11.1. The maximum absolute atomic E-state index is 11.3. The van der Waals surface area contributed by atoms with Gasteiger partial charge in [-0.25, -0.2) is 0 Å². The Labute approximate surface area is 138 Å². The highest BCUT2D eigenvalue weighted by molar-refractivity contribution is 5.69. The van der Waals surface area contributed by atoms with E-state index in [1.54, 1.807) is 0 Å². The molecule has 23 heavy (non-hydrogen) atoms. The molecule has 2 N–H and O–H groups in total. The first-order valence-corrected chi connectivity index (χ1v) is 8.05. The maximum Gasteiger partial charge on any atom is 0.305 e. The summed E-state index contributed by atoms with van der Waals surface area (Å²) in [7, 11) is 1.42. The summed E-state index contributed by atoms with van der Waals surface area (Å²) in [5, 5.41) is 0. The highest BCUT2D eigenvalue weighted by Crippen LogP contribution is 2.20. The number of methoxy groups -OCH3 is 1. The molecule has 0 aliphatic carbocycles. The second-order valence-corrected chi connectivity index (χ2v) is 6.15. The van der Waals surface area contributed by atoms with E-state index in [2.05, 4.69) is 36.4 Å². The van der Waals surface area contributed by atoms with Crippen molar-refractivity contribution in [2.75, 3.05) is 7.11 Å². The summed E-state index contributed by atoms with van der Waals surface area (Å²) in [6, 6.07) is 18.9. The predicted molar refractivity (Wildman–Crippen MR) is 94.0 cm³/mol. The fraction of sp³-hybridized carbons (Fsp3) is 0.350. The molecule has 2 aromatic carbocycles. The molecule has 2 rings (SSSR count). The summed E-state index contributed by atoms with van der Waals surface area (Å²) >= 11 is 0. The molecule has 0 aliphatic heterocycles. The summed E-state index contributed by atoms with van der Waals surface area (Å²) in [6.45, 7) is 2.04. The zero-order valence-corrected chi connectivity index (χ0v) is 13.9. The van der Waals surface area contributed by atoms with Crippen LogP contribution in [0.4, 0.5) is 0 Å². The Morgan fingerprint density at radius 3 is 2.26 bits per heavy atom. The van der Waals surface area contributed by atoms with Crippen molar-refractivity contribution in [1.29, 1.82) is 0 Å². The van der Waals surface area contributed by atoms with E-state index < -0.39 is 0 Å². The van der Waals surface area contributed by atoms with Gasteiger partial charge in [-0.15, -0.1) is 0 Å². The number of hydrogen-bond acceptors (Lipinski definition) is 3. The van der Waals surface area contributed by atoms with Gasteiger partial charge < -0.3 is 10.5 Å². The molecule has 0 fully saturated rings. The Morgan fingerprint density at radius 2 is 1.65 bits per heavy atom. The quantitative estimate of drug-likeness (QED) is 0.791. The molecule has 0 radical (unpaired) electrons. The Bertz CT molecular complexity index is 607. The highest BCUT2D eigenvalue weighted by Gasteiger charge is 2.14. The van der Waals surface area contributed by atoms with E-state index in [1.165, 1.54) is 23.8 Å². The van der Waals surface area contributed by atoms with Crippen molar-refractivity contribution >= 4 is 5.97 Å². The number of esters is 1. The van der Waals surface area contributed by atoms with Crippen molar-refractivity contribution in [2.45, 2.75) is 32.2 Å². The van der Waals surface area contributed by atoms with E-state index in [9.17, 15) is 4.79 Å². The fourth-order valence-electron chi connectivity index (χ4n) is 2.82. The van der Waals surface area contributed by atoms with Crippen LogP contribution in [0.3, 0.4) is 0 Å². The van der Waals surface area contributed by atoms with Gasteiger partial charge in [0.1, 0.15) is 0 Å².